The molecule has 1 saturated heterocycles. The third-order valence-electron chi connectivity index (χ3n) is 2.51. The van der Waals surface area contributed by atoms with Crippen LogP contribution in [0.1, 0.15) is 41.5 Å². The van der Waals surface area contributed by atoms with E-state index in [0.29, 0.717) is 6.54 Å². The minimum atomic E-state index is 0.144. The van der Waals surface area contributed by atoms with Crippen LogP contribution in [-0.2, 0) is 9.53 Å². The summed E-state index contributed by atoms with van der Waals surface area (Å²) in [5.74, 6) is 0.833. The van der Waals surface area contributed by atoms with Gasteiger partial charge >= 0.3 is 0 Å². The van der Waals surface area contributed by atoms with Crippen LogP contribution in [0.4, 0.5) is 0 Å². The van der Waals surface area contributed by atoms with Gasteiger partial charge in [0.25, 0.3) is 0 Å². The van der Waals surface area contributed by atoms with Crippen molar-refractivity contribution in [3.63, 3.8) is 0 Å². The van der Waals surface area contributed by atoms with Crippen LogP contribution >= 0.6 is 0 Å². The molecule has 1 heterocycles. The number of hydrogen-bond acceptors (Lipinski definition) is 4. The molecule has 1 fully saturated rings. The van der Waals surface area contributed by atoms with Crippen LogP contribution in [0, 0.1) is 5.92 Å². The molecule has 128 valence electrons. The molecule has 1 amide bonds. The second-order valence-corrected chi connectivity index (χ2v) is 5.41. The number of carbonyl (C=O) groups excluding carboxylic acids is 1. The number of carbonyl (C=O) groups is 1. The standard InChI is InChI=1S/C10H21N3O2.C4H10.C2H6/c1-2-11-3-4-13-5-6-15-10(8-13)7-12-9-14;1-4(2)3;1-2/h9-11H,2-8H2,1H3,(H,12,14);4H,1-3H3;1-2H3. The van der Waals surface area contributed by atoms with Gasteiger partial charge in [-0.3, -0.25) is 9.69 Å². The van der Waals surface area contributed by atoms with Crippen molar-refractivity contribution in [2.24, 2.45) is 5.92 Å². The fraction of sp³-hybridized carbons (Fsp3) is 0.938. The number of morpholine rings is 1. The van der Waals surface area contributed by atoms with E-state index < -0.39 is 0 Å². The number of hydrogen-bond donors (Lipinski definition) is 2. The Labute approximate surface area is 131 Å². The Morgan fingerprint density at radius 3 is 2.48 bits per heavy atom. The quantitative estimate of drug-likeness (QED) is 0.555. The Balaban J connectivity index is 0. The molecular weight excluding hydrogens is 266 g/mol. The molecule has 0 saturated carbocycles. The molecule has 0 radical (unpaired) electrons. The molecule has 1 aliphatic rings. The fourth-order valence-corrected chi connectivity index (χ4v) is 1.70. The Morgan fingerprint density at radius 2 is 1.95 bits per heavy atom. The second-order valence-electron chi connectivity index (χ2n) is 5.41. The molecule has 5 nitrogen and oxygen atoms in total. The lowest BCUT2D eigenvalue weighted by atomic mass is 10.2. The molecule has 0 bridgehead atoms. The van der Waals surface area contributed by atoms with Gasteiger partial charge in [0, 0.05) is 32.7 Å². The molecule has 5 heteroatoms. The van der Waals surface area contributed by atoms with Crippen molar-refractivity contribution in [2.45, 2.75) is 47.6 Å². The number of rotatable bonds is 7. The zero-order valence-electron chi connectivity index (χ0n) is 14.9. The summed E-state index contributed by atoms with van der Waals surface area (Å²) in [5, 5.41) is 5.96. The van der Waals surface area contributed by atoms with Gasteiger partial charge in [0.1, 0.15) is 0 Å². The van der Waals surface area contributed by atoms with Crippen LogP contribution in [0.5, 0.6) is 0 Å². The Bertz CT molecular complexity index is 211. The lowest BCUT2D eigenvalue weighted by Gasteiger charge is -2.32. The van der Waals surface area contributed by atoms with Gasteiger partial charge in [0.2, 0.25) is 6.41 Å². The van der Waals surface area contributed by atoms with Crippen LogP contribution in [0.2, 0.25) is 0 Å². The largest absolute Gasteiger partial charge is 0.374 e. The molecule has 0 aromatic heterocycles. The minimum Gasteiger partial charge on any atom is -0.374 e. The lowest BCUT2D eigenvalue weighted by Crippen LogP contribution is -2.48. The molecule has 0 spiro atoms. The van der Waals surface area contributed by atoms with Gasteiger partial charge in [-0.25, -0.2) is 0 Å². The summed E-state index contributed by atoms with van der Waals surface area (Å²) in [6.45, 7) is 19.0. The van der Waals surface area contributed by atoms with Gasteiger partial charge in [0.05, 0.1) is 12.7 Å². The number of ether oxygens (including phenoxy) is 1. The first-order chi connectivity index (χ1) is 10.1. The van der Waals surface area contributed by atoms with E-state index >= 15 is 0 Å². The number of nitrogens with zero attached hydrogens (tertiary/aromatic N) is 1. The monoisotopic (exact) mass is 303 g/mol. The first-order valence-corrected chi connectivity index (χ1v) is 8.31. The third-order valence-corrected chi connectivity index (χ3v) is 2.51. The normalized spacial score (nSPS) is 18.1. The maximum absolute atomic E-state index is 10.1. The molecular formula is C16H37N3O2. The molecule has 21 heavy (non-hydrogen) atoms. The predicted octanol–water partition coefficient (Wildman–Crippen LogP) is 1.73. The Morgan fingerprint density at radius 1 is 1.33 bits per heavy atom. The fourth-order valence-electron chi connectivity index (χ4n) is 1.70. The number of likely N-dealkylation sites (N-methyl/N-ethyl adjacent to an activating group) is 1. The Hall–Kier alpha value is -0.650. The van der Waals surface area contributed by atoms with E-state index in [1.165, 1.54) is 0 Å². The van der Waals surface area contributed by atoms with Gasteiger partial charge in [-0.15, -0.1) is 0 Å². The maximum Gasteiger partial charge on any atom is 0.207 e. The highest BCUT2D eigenvalue weighted by Crippen LogP contribution is 2.03. The van der Waals surface area contributed by atoms with Crippen molar-refractivity contribution in [3.05, 3.63) is 0 Å². The van der Waals surface area contributed by atoms with E-state index in [9.17, 15) is 4.79 Å². The van der Waals surface area contributed by atoms with Crippen molar-refractivity contribution in [2.75, 3.05) is 45.9 Å². The van der Waals surface area contributed by atoms with Gasteiger partial charge in [-0.1, -0.05) is 41.5 Å². The van der Waals surface area contributed by atoms with E-state index in [1.807, 2.05) is 13.8 Å². The van der Waals surface area contributed by atoms with Gasteiger partial charge in [-0.05, 0) is 12.5 Å². The first-order valence-electron chi connectivity index (χ1n) is 8.31. The molecule has 0 aliphatic carbocycles. The molecule has 1 atom stereocenters. The summed E-state index contributed by atoms with van der Waals surface area (Å²) >= 11 is 0. The summed E-state index contributed by atoms with van der Waals surface area (Å²) in [7, 11) is 0. The van der Waals surface area contributed by atoms with Crippen molar-refractivity contribution in [1.29, 1.82) is 0 Å². The molecule has 1 rings (SSSR count). The van der Waals surface area contributed by atoms with Crippen molar-refractivity contribution >= 4 is 6.41 Å². The van der Waals surface area contributed by atoms with E-state index in [-0.39, 0.29) is 6.10 Å². The summed E-state index contributed by atoms with van der Waals surface area (Å²) in [6, 6.07) is 0. The average molecular weight is 303 g/mol. The molecule has 1 aliphatic heterocycles. The minimum absolute atomic E-state index is 0.144. The van der Waals surface area contributed by atoms with Crippen LogP contribution in [0.3, 0.4) is 0 Å². The highest BCUT2D eigenvalue weighted by molar-refractivity contribution is 5.45. The van der Waals surface area contributed by atoms with E-state index in [1.54, 1.807) is 0 Å². The summed E-state index contributed by atoms with van der Waals surface area (Å²) in [6.07, 6.45) is 0.867. The summed E-state index contributed by atoms with van der Waals surface area (Å²) in [5.41, 5.74) is 0. The zero-order valence-corrected chi connectivity index (χ0v) is 14.9. The summed E-state index contributed by atoms with van der Waals surface area (Å²) in [4.78, 5) is 12.5. The van der Waals surface area contributed by atoms with Crippen molar-refractivity contribution in [1.82, 2.24) is 15.5 Å². The SMILES string of the molecule is CC.CC(C)C.CCNCCN1CCOC(CNC=O)C1. The molecule has 0 aromatic carbocycles. The summed E-state index contributed by atoms with van der Waals surface area (Å²) < 4.78 is 5.53. The molecule has 0 aromatic rings. The van der Waals surface area contributed by atoms with Crippen LogP contribution in [0.15, 0.2) is 0 Å². The van der Waals surface area contributed by atoms with Gasteiger partial charge in [0.15, 0.2) is 0 Å². The molecule has 1 unspecified atom stereocenters. The highest BCUT2D eigenvalue weighted by Gasteiger charge is 2.19. The van der Waals surface area contributed by atoms with Crippen LogP contribution < -0.4 is 10.6 Å². The second kappa shape index (κ2) is 17.4. The van der Waals surface area contributed by atoms with E-state index in [0.717, 1.165) is 51.7 Å². The van der Waals surface area contributed by atoms with Crippen LogP contribution in [0.25, 0.3) is 0 Å². The van der Waals surface area contributed by atoms with Crippen LogP contribution in [-0.4, -0.2) is 63.3 Å². The topological polar surface area (TPSA) is 53.6 Å². The maximum atomic E-state index is 10.1. The van der Waals surface area contributed by atoms with E-state index in [4.69, 9.17) is 4.74 Å². The third kappa shape index (κ3) is 17.3. The van der Waals surface area contributed by atoms with Gasteiger partial charge < -0.3 is 15.4 Å². The number of nitrogens with one attached hydrogen (secondary N) is 2. The van der Waals surface area contributed by atoms with Crippen molar-refractivity contribution in [3.8, 4) is 0 Å². The predicted molar refractivity (Wildman–Crippen MR) is 90.7 cm³/mol. The lowest BCUT2D eigenvalue weighted by molar-refractivity contribution is -0.110. The first kappa shape index (κ1) is 22.6. The van der Waals surface area contributed by atoms with Gasteiger partial charge in [-0.2, -0.15) is 0 Å². The average Bonchev–Trinajstić information content (AvgIpc) is 2.47. The Kier molecular flexibility index (Phi) is 18.8. The smallest absolute Gasteiger partial charge is 0.207 e. The highest BCUT2D eigenvalue weighted by atomic mass is 16.5. The molecule has 2 N–H and O–H groups in total. The zero-order chi connectivity index (χ0) is 16.5. The number of amides is 1. The van der Waals surface area contributed by atoms with E-state index in [2.05, 4.69) is 43.2 Å². The van der Waals surface area contributed by atoms with Crippen molar-refractivity contribution < 1.29 is 9.53 Å².